The quantitative estimate of drug-likeness (QED) is 0.743. The molecule has 0 amide bonds. The molecule has 104 valence electrons. The maximum absolute atomic E-state index is 6.10. The summed E-state index contributed by atoms with van der Waals surface area (Å²) in [6.45, 7) is 9.25. The van der Waals surface area contributed by atoms with Gasteiger partial charge in [-0.15, -0.1) is 6.58 Å². The highest BCUT2D eigenvalue weighted by atomic mass is 79.9. The first-order valence-electron chi connectivity index (χ1n) is 6.61. The summed E-state index contributed by atoms with van der Waals surface area (Å²) in [6, 6.07) is 8.12. The van der Waals surface area contributed by atoms with Crippen molar-refractivity contribution in [1.82, 2.24) is 0 Å². The summed E-state index contributed by atoms with van der Waals surface area (Å²) in [5, 5.41) is 0. The third-order valence-electron chi connectivity index (χ3n) is 3.68. The van der Waals surface area contributed by atoms with Crippen LogP contribution in [0.25, 0.3) is 0 Å². The number of hydrogen-bond donors (Lipinski definition) is 0. The molecule has 1 saturated heterocycles. The van der Waals surface area contributed by atoms with Crippen molar-refractivity contribution >= 4 is 15.9 Å². The monoisotopic (exact) mass is 324 g/mol. The molecule has 2 atom stereocenters. The van der Waals surface area contributed by atoms with Gasteiger partial charge < -0.3 is 9.47 Å². The number of benzene rings is 1. The second kappa shape index (κ2) is 5.78. The van der Waals surface area contributed by atoms with Gasteiger partial charge in [0.15, 0.2) is 0 Å². The zero-order chi connectivity index (χ0) is 13.9. The molecule has 2 unspecified atom stereocenters. The molecule has 1 aliphatic heterocycles. The lowest BCUT2D eigenvalue weighted by molar-refractivity contribution is -0.104. The molecule has 19 heavy (non-hydrogen) atoms. The minimum Gasteiger partial charge on any atom is -0.374 e. The van der Waals surface area contributed by atoms with E-state index in [9.17, 15) is 0 Å². The Morgan fingerprint density at radius 2 is 2.11 bits per heavy atom. The van der Waals surface area contributed by atoms with E-state index in [0.29, 0.717) is 13.2 Å². The Hall–Kier alpha value is -0.640. The van der Waals surface area contributed by atoms with E-state index in [1.807, 2.05) is 24.3 Å². The Morgan fingerprint density at radius 1 is 1.37 bits per heavy atom. The molecule has 2 rings (SSSR count). The topological polar surface area (TPSA) is 18.5 Å². The molecule has 0 saturated carbocycles. The summed E-state index contributed by atoms with van der Waals surface area (Å²) in [5.41, 5.74) is 0.755. The SMILES string of the molecule is C=CC1(C)CCC(C)(COCc2ccccc2Br)O1. The molecule has 3 heteroatoms. The zero-order valence-electron chi connectivity index (χ0n) is 11.6. The summed E-state index contributed by atoms with van der Waals surface area (Å²) in [7, 11) is 0. The molecule has 1 aromatic rings. The Kier molecular flexibility index (Phi) is 4.49. The van der Waals surface area contributed by atoms with E-state index in [-0.39, 0.29) is 11.2 Å². The molecule has 0 aliphatic carbocycles. The Labute approximate surface area is 123 Å². The van der Waals surface area contributed by atoms with Gasteiger partial charge in [0.2, 0.25) is 0 Å². The zero-order valence-corrected chi connectivity index (χ0v) is 13.2. The fourth-order valence-electron chi connectivity index (χ4n) is 2.42. The van der Waals surface area contributed by atoms with Gasteiger partial charge in [-0.25, -0.2) is 0 Å². The predicted molar refractivity (Wildman–Crippen MR) is 81.1 cm³/mol. The van der Waals surface area contributed by atoms with E-state index < -0.39 is 0 Å². The standard InChI is InChI=1S/C16H21BrO2/c1-4-15(2)9-10-16(3,19-15)12-18-11-13-7-5-6-8-14(13)17/h4-8H,1,9-12H2,2-3H3. The number of halogens is 1. The van der Waals surface area contributed by atoms with Crippen LogP contribution in [0.1, 0.15) is 32.3 Å². The average molecular weight is 325 g/mol. The second-order valence-corrected chi connectivity index (χ2v) is 6.51. The van der Waals surface area contributed by atoms with Crippen LogP contribution in [0.5, 0.6) is 0 Å². The Bertz CT molecular complexity index is 460. The minimum absolute atomic E-state index is 0.203. The van der Waals surface area contributed by atoms with Crippen molar-refractivity contribution in [1.29, 1.82) is 0 Å². The minimum atomic E-state index is -0.204. The van der Waals surface area contributed by atoms with Crippen LogP contribution >= 0.6 is 15.9 Å². The molecule has 0 bridgehead atoms. The number of hydrogen-bond acceptors (Lipinski definition) is 2. The summed E-state index contributed by atoms with van der Waals surface area (Å²) in [5.74, 6) is 0. The smallest absolute Gasteiger partial charge is 0.0899 e. The maximum Gasteiger partial charge on any atom is 0.0899 e. The van der Waals surface area contributed by atoms with Crippen LogP contribution in [0.4, 0.5) is 0 Å². The van der Waals surface area contributed by atoms with E-state index in [0.717, 1.165) is 22.9 Å². The van der Waals surface area contributed by atoms with Gasteiger partial charge >= 0.3 is 0 Å². The van der Waals surface area contributed by atoms with Gasteiger partial charge in [0.25, 0.3) is 0 Å². The lowest BCUT2D eigenvalue weighted by Crippen LogP contribution is -2.34. The average Bonchev–Trinajstić information content (AvgIpc) is 2.69. The highest BCUT2D eigenvalue weighted by Gasteiger charge is 2.41. The van der Waals surface area contributed by atoms with Gasteiger partial charge in [-0.05, 0) is 38.3 Å². The number of rotatable bonds is 5. The molecular formula is C16H21BrO2. The van der Waals surface area contributed by atoms with Crippen LogP contribution in [0.2, 0.25) is 0 Å². The highest BCUT2D eigenvalue weighted by Crippen LogP contribution is 2.38. The van der Waals surface area contributed by atoms with Crippen LogP contribution < -0.4 is 0 Å². The van der Waals surface area contributed by atoms with Gasteiger partial charge in [-0.2, -0.15) is 0 Å². The molecular weight excluding hydrogens is 304 g/mol. The van der Waals surface area contributed by atoms with E-state index >= 15 is 0 Å². The van der Waals surface area contributed by atoms with Crippen molar-refractivity contribution < 1.29 is 9.47 Å². The fraction of sp³-hybridized carbons (Fsp3) is 0.500. The highest BCUT2D eigenvalue weighted by molar-refractivity contribution is 9.10. The van der Waals surface area contributed by atoms with Crippen molar-refractivity contribution in [3.8, 4) is 0 Å². The van der Waals surface area contributed by atoms with E-state index in [4.69, 9.17) is 9.47 Å². The normalized spacial score (nSPS) is 30.5. The molecule has 1 fully saturated rings. The van der Waals surface area contributed by atoms with Crippen LogP contribution in [-0.4, -0.2) is 17.8 Å². The summed E-state index contributed by atoms with van der Waals surface area (Å²) >= 11 is 3.53. The van der Waals surface area contributed by atoms with Crippen molar-refractivity contribution in [3.05, 3.63) is 47.0 Å². The van der Waals surface area contributed by atoms with Crippen molar-refractivity contribution in [2.75, 3.05) is 6.61 Å². The third kappa shape index (κ3) is 3.68. The van der Waals surface area contributed by atoms with E-state index in [2.05, 4.69) is 42.4 Å². The molecule has 2 nitrogen and oxygen atoms in total. The first-order valence-corrected chi connectivity index (χ1v) is 7.41. The lowest BCUT2D eigenvalue weighted by Gasteiger charge is -2.28. The molecule has 1 aromatic carbocycles. The van der Waals surface area contributed by atoms with Gasteiger partial charge in [0.05, 0.1) is 24.4 Å². The van der Waals surface area contributed by atoms with E-state index in [1.54, 1.807) is 0 Å². The molecule has 0 N–H and O–H groups in total. The van der Waals surface area contributed by atoms with E-state index in [1.165, 1.54) is 0 Å². The van der Waals surface area contributed by atoms with Crippen LogP contribution in [0.15, 0.2) is 41.4 Å². The summed E-state index contributed by atoms with van der Waals surface area (Å²) in [4.78, 5) is 0. The lowest BCUT2D eigenvalue weighted by atomic mass is 9.99. The molecule has 0 radical (unpaired) electrons. The first-order chi connectivity index (χ1) is 8.96. The van der Waals surface area contributed by atoms with Crippen LogP contribution in [0, 0.1) is 0 Å². The van der Waals surface area contributed by atoms with Gasteiger partial charge in [0.1, 0.15) is 0 Å². The van der Waals surface area contributed by atoms with Gasteiger partial charge in [-0.3, -0.25) is 0 Å². The van der Waals surface area contributed by atoms with Crippen molar-refractivity contribution in [2.45, 2.75) is 44.5 Å². The molecule has 1 aliphatic rings. The molecule has 1 heterocycles. The first kappa shape index (κ1) is 14.8. The second-order valence-electron chi connectivity index (χ2n) is 5.65. The summed E-state index contributed by atoms with van der Waals surface area (Å²) in [6.07, 6.45) is 3.91. The molecule has 0 spiro atoms. The van der Waals surface area contributed by atoms with Crippen molar-refractivity contribution in [2.24, 2.45) is 0 Å². The Morgan fingerprint density at radius 3 is 2.74 bits per heavy atom. The molecule has 0 aromatic heterocycles. The van der Waals surface area contributed by atoms with Crippen LogP contribution in [-0.2, 0) is 16.1 Å². The predicted octanol–water partition coefficient (Wildman–Crippen LogP) is 4.48. The van der Waals surface area contributed by atoms with Crippen LogP contribution in [0.3, 0.4) is 0 Å². The largest absolute Gasteiger partial charge is 0.374 e. The maximum atomic E-state index is 6.10. The van der Waals surface area contributed by atoms with Gasteiger partial charge in [-0.1, -0.05) is 40.2 Å². The fourth-order valence-corrected chi connectivity index (χ4v) is 2.81. The number of ether oxygens (including phenoxy) is 2. The Balaban J connectivity index is 1.87. The third-order valence-corrected chi connectivity index (χ3v) is 4.46. The van der Waals surface area contributed by atoms with Gasteiger partial charge in [0, 0.05) is 4.47 Å². The van der Waals surface area contributed by atoms with Crippen molar-refractivity contribution in [3.63, 3.8) is 0 Å². The summed E-state index contributed by atoms with van der Waals surface area (Å²) < 4.78 is 13.0.